The number of carbonyl (C=O) groups is 2. The van der Waals surface area contributed by atoms with E-state index in [0.29, 0.717) is 38.4 Å². The van der Waals surface area contributed by atoms with Crippen molar-refractivity contribution in [2.24, 2.45) is 0 Å². The lowest BCUT2D eigenvalue weighted by Crippen LogP contribution is -2.12. The number of rotatable bonds is 15. The van der Waals surface area contributed by atoms with Crippen molar-refractivity contribution >= 4 is 24.6 Å². The van der Waals surface area contributed by atoms with Gasteiger partial charge in [0.1, 0.15) is 5.75 Å². The highest BCUT2D eigenvalue weighted by atomic mass is 32.1. The van der Waals surface area contributed by atoms with Gasteiger partial charge in [-0.3, -0.25) is 9.59 Å². The molecule has 0 saturated carbocycles. The predicted molar refractivity (Wildman–Crippen MR) is 114 cm³/mol. The third kappa shape index (κ3) is 10.0. The molecule has 0 aliphatic carbocycles. The van der Waals surface area contributed by atoms with Crippen molar-refractivity contribution in [3.8, 4) is 5.75 Å². The molecule has 0 amide bonds. The number of esters is 2. The summed E-state index contributed by atoms with van der Waals surface area (Å²) in [5.41, 5.74) is 2.02. The molecule has 0 saturated heterocycles. The first kappa shape index (κ1) is 24.3. The predicted octanol–water partition coefficient (Wildman–Crippen LogP) is 4.55. The van der Waals surface area contributed by atoms with E-state index in [-0.39, 0.29) is 18.4 Å². The highest BCUT2D eigenvalue weighted by Gasteiger charge is 2.15. The van der Waals surface area contributed by atoms with E-state index in [0.717, 1.165) is 42.6 Å². The van der Waals surface area contributed by atoms with Gasteiger partial charge in [0.2, 0.25) is 0 Å². The summed E-state index contributed by atoms with van der Waals surface area (Å²) in [7, 11) is 0. The highest BCUT2D eigenvalue weighted by Crippen LogP contribution is 2.26. The van der Waals surface area contributed by atoms with Crippen molar-refractivity contribution in [3.05, 3.63) is 29.3 Å². The van der Waals surface area contributed by atoms with Gasteiger partial charge in [0, 0.05) is 12.0 Å². The molecule has 0 aliphatic heterocycles. The van der Waals surface area contributed by atoms with Gasteiger partial charge >= 0.3 is 11.9 Å². The lowest BCUT2D eigenvalue weighted by molar-refractivity contribution is -0.143. The molecule has 0 N–H and O–H groups in total. The highest BCUT2D eigenvalue weighted by molar-refractivity contribution is 7.80. The summed E-state index contributed by atoms with van der Waals surface area (Å²) in [4.78, 5) is 23.5. The molecule has 28 heavy (non-hydrogen) atoms. The van der Waals surface area contributed by atoms with Gasteiger partial charge in [-0.15, -0.1) is 0 Å². The number of ether oxygens (including phenoxy) is 3. The van der Waals surface area contributed by atoms with Crippen LogP contribution in [0.25, 0.3) is 0 Å². The second-order valence-corrected chi connectivity index (χ2v) is 6.97. The minimum absolute atomic E-state index is 0.202. The zero-order valence-electron chi connectivity index (χ0n) is 17.2. The fourth-order valence-electron chi connectivity index (χ4n) is 2.95. The van der Waals surface area contributed by atoms with Gasteiger partial charge in [-0.05, 0) is 56.9 Å². The summed E-state index contributed by atoms with van der Waals surface area (Å²) in [6.45, 7) is 4.75. The number of aryl methyl sites for hydroxylation is 1. The van der Waals surface area contributed by atoms with Crippen molar-refractivity contribution in [2.75, 3.05) is 25.6 Å². The minimum atomic E-state index is -0.249. The Bertz CT molecular complexity index is 588. The number of thiol groups is 1. The van der Waals surface area contributed by atoms with E-state index < -0.39 is 0 Å². The number of hydrogen-bond acceptors (Lipinski definition) is 6. The average molecular weight is 411 g/mol. The summed E-state index contributed by atoms with van der Waals surface area (Å²) in [5.74, 6) is 1.16. The van der Waals surface area contributed by atoms with E-state index in [1.54, 1.807) is 13.8 Å². The Balaban J connectivity index is 2.72. The first-order chi connectivity index (χ1) is 13.6. The molecule has 0 heterocycles. The lowest BCUT2D eigenvalue weighted by Gasteiger charge is -2.15. The van der Waals surface area contributed by atoms with Gasteiger partial charge in [-0.1, -0.05) is 25.0 Å². The van der Waals surface area contributed by atoms with Crippen LogP contribution in [0.1, 0.15) is 63.5 Å². The topological polar surface area (TPSA) is 61.8 Å². The summed E-state index contributed by atoms with van der Waals surface area (Å²) >= 11 is 4.25. The number of hydrogen-bond donors (Lipinski definition) is 1. The summed E-state index contributed by atoms with van der Waals surface area (Å²) < 4.78 is 16.0. The van der Waals surface area contributed by atoms with Crippen molar-refractivity contribution in [2.45, 2.75) is 65.2 Å². The third-order valence-corrected chi connectivity index (χ3v) is 4.62. The van der Waals surface area contributed by atoms with Gasteiger partial charge in [-0.2, -0.15) is 12.6 Å². The smallest absolute Gasteiger partial charge is 0.310 e. The van der Waals surface area contributed by atoms with Crippen LogP contribution in [0.15, 0.2) is 18.2 Å². The van der Waals surface area contributed by atoms with Crippen LogP contribution in [-0.2, 0) is 31.9 Å². The van der Waals surface area contributed by atoms with Crippen LogP contribution < -0.4 is 4.74 Å². The van der Waals surface area contributed by atoms with Crippen molar-refractivity contribution < 1.29 is 23.8 Å². The standard InChI is InChI=1S/C22H34O5S/c1-3-25-21(23)14-10-15-27-20-13-9-12-18(11-7-5-6-8-16-28)19(20)17-22(24)26-4-2/h9,12-13,28H,3-8,10-11,14-17H2,1-2H3. The molecule has 0 atom stereocenters. The minimum Gasteiger partial charge on any atom is -0.493 e. The Morgan fingerprint density at radius 1 is 0.929 bits per heavy atom. The molecule has 5 nitrogen and oxygen atoms in total. The van der Waals surface area contributed by atoms with Crippen LogP contribution in [-0.4, -0.2) is 37.5 Å². The lowest BCUT2D eigenvalue weighted by atomic mass is 9.98. The van der Waals surface area contributed by atoms with Gasteiger partial charge < -0.3 is 14.2 Å². The molecule has 1 rings (SSSR count). The fraction of sp³-hybridized carbons (Fsp3) is 0.636. The zero-order valence-corrected chi connectivity index (χ0v) is 18.1. The molecular formula is C22H34O5S. The fourth-order valence-corrected chi connectivity index (χ4v) is 3.17. The Labute approximate surface area is 174 Å². The van der Waals surface area contributed by atoms with E-state index in [1.165, 1.54) is 6.42 Å². The molecule has 1 aromatic carbocycles. The first-order valence-corrected chi connectivity index (χ1v) is 10.9. The van der Waals surface area contributed by atoms with Gasteiger partial charge in [0.25, 0.3) is 0 Å². The largest absolute Gasteiger partial charge is 0.493 e. The second-order valence-electron chi connectivity index (χ2n) is 6.52. The molecule has 0 radical (unpaired) electrons. The molecule has 0 spiro atoms. The maximum Gasteiger partial charge on any atom is 0.310 e. The molecular weight excluding hydrogens is 376 g/mol. The Morgan fingerprint density at radius 3 is 2.36 bits per heavy atom. The average Bonchev–Trinajstić information content (AvgIpc) is 2.67. The van der Waals surface area contributed by atoms with Crippen LogP contribution in [0, 0.1) is 0 Å². The van der Waals surface area contributed by atoms with E-state index in [1.807, 2.05) is 12.1 Å². The van der Waals surface area contributed by atoms with E-state index in [4.69, 9.17) is 14.2 Å². The van der Waals surface area contributed by atoms with E-state index in [9.17, 15) is 9.59 Å². The summed E-state index contributed by atoms with van der Waals surface area (Å²) in [6.07, 6.45) is 6.51. The Kier molecular flexibility index (Phi) is 13.3. The number of carbonyl (C=O) groups excluding carboxylic acids is 2. The van der Waals surface area contributed by atoms with E-state index in [2.05, 4.69) is 18.7 Å². The molecule has 0 aliphatic rings. The molecule has 158 valence electrons. The number of benzene rings is 1. The molecule has 1 aromatic rings. The summed E-state index contributed by atoms with van der Waals surface area (Å²) in [6, 6.07) is 5.89. The van der Waals surface area contributed by atoms with Gasteiger partial charge in [0.05, 0.1) is 26.2 Å². The maximum atomic E-state index is 12.1. The maximum absolute atomic E-state index is 12.1. The molecule has 6 heteroatoms. The Morgan fingerprint density at radius 2 is 1.64 bits per heavy atom. The van der Waals surface area contributed by atoms with Crippen molar-refractivity contribution in [3.63, 3.8) is 0 Å². The van der Waals surface area contributed by atoms with Crippen LogP contribution in [0.3, 0.4) is 0 Å². The van der Waals surface area contributed by atoms with Crippen LogP contribution in [0.2, 0.25) is 0 Å². The van der Waals surface area contributed by atoms with Gasteiger partial charge in [0.15, 0.2) is 0 Å². The molecule has 0 bridgehead atoms. The van der Waals surface area contributed by atoms with Crippen LogP contribution >= 0.6 is 12.6 Å². The van der Waals surface area contributed by atoms with E-state index >= 15 is 0 Å². The summed E-state index contributed by atoms with van der Waals surface area (Å²) in [5, 5.41) is 0. The normalized spacial score (nSPS) is 10.5. The van der Waals surface area contributed by atoms with Crippen molar-refractivity contribution in [1.82, 2.24) is 0 Å². The monoisotopic (exact) mass is 410 g/mol. The van der Waals surface area contributed by atoms with Crippen LogP contribution in [0.4, 0.5) is 0 Å². The quantitative estimate of drug-likeness (QED) is 0.261. The third-order valence-electron chi connectivity index (χ3n) is 4.30. The van der Waals surface area contributed by atoms with Gasteiger partial charge in [-0.25, -0.2) is 0 Å². The first-order valence-electron chi connectivity index (χ1n) is 10.3. The van der Waals surface area contributed by atoms with Crippen LogP contribution in [0.5, 0.6) is 5.75 Å². The Hall–Kier alpha value is -1.69. The number of unbranched alkanes of at least 4 members (excludes halogenated alkanes) is 3. The zero-order chi connectivity index (χ0) is 20.6. The van der Waals surface area contributed by atoms with Crippen molar-refractivity contribution in [1.29, 1.82) is 0 Å². The second kappa shape index (κ2) is 15.3. The molecule has 0 fully saturated rings. The molecule has 0 aromatic heterocycles. The molecule has 0 unspecified atom stereocenters. The SMILES string of the molecule is CCOC(=O)CCCOc1cccc(CCCCCCS)c1CC(=O)OCC.